The van der Waals surface area contributed by atoms with Crippen LogP contribution in [0.25, 0.3) is 0 Å². The number of nitrogens with zero attached hydrogens (tertiary/aromatic N) is 2. The molecule has 1 saturated heterocycles. The minimum Gasteiger partial charge on any atom is -0.473 e. The second kappa shape index (κ2) is 6.72. The zero-order chi connectivity index (χ0) is 14.5. The summed E-state index contributed by atoms with van der Waals surface area (Å²) in [6.45, 7) is 4.39. The van der Waals surface area contributed by atoms with E-state index >= 15 is 0 Å². The van der Waals surface area contributed by atoms with E-state index in [1.54, 1.807) is 6.20 Å². The lowest BCUT2D eigenvalue weighted by molar-refractivity contribution is 0.0288. The first-order chi connectivity index (χ1) is 10.3. The van der Waals surface area contributed by atoms with Gasteiger partial charge in [-0.05, 0) is 37.9 Å². The third-order valence-corrected chi connectivity index (χ3v) is 4.19. The summed E-state index contributed by atoms with van der Waals surface area (Å²) in [6.07, 6.45) is 4.28. The van der Waals surface area contributed by atoms with Gasteiger partial charge in [0, 0.05) is 24.8 Å². The lowest BCUT2D eigenvalue weighted by Gasteiger charge is -2.39. The SMILES string of the molecule is CC1C(Oc2ccccn2)CCCN1Cc1ccccc1. The van der Waals surface area contributed by atoms with Crippen molar-refractivity contribution in [2.45, 2.75) is 38.5 Å². The molecule has 1 aromatic carbocycles. The van der Waals surface area contributed by atoms with Crippen LogP contribution in [-0.4, -0.2) is 28.6 Å². The van der Waals surface area contributed by atoms with Crippen molar-refractivity contribution in [1.82, 2.24) is 9.88 Å². The van der Waals surface area contributed by atoms with Crippen LogP contribution in [0.5, 0.6) is 5.88 Å². The van der Waals surface area contributed by atoms with Crippen LogP contribution in [0.3, 0.4) is 0 Å². The third-order valence-electron chi connectivity index (χ3n) is 4.19. The molecule has 1 aliphatic heterocycles. The average molecular weight is 282 g/mol. The van der Waals surface area contributed by atoms with Gasteiger partial charge >= 0.3 is 0 Å². The van der Waals surface area contributed by atoms with Gasteiger partial charge in [0.2, 0.25) is 5.88 Å². The maximum atomic E-state index is 6.08. The summed E-state index contributed by atoms with van der Waals surface area (Å²) in [5, 5.41) is 0. The summed E-state index contributed by atoms with van der Waals surface area (Å²) in [5.74, 6) is 0.732. The summed E-state index contributed by atoms with van der Waals surface area (Å²) in [4.78, 5) is 6.78. The molecule has 0 spiro atoms. The molecule has 2 aromatic rings. The minimum atomic E-state index is 0.220. The van der Waals surface area contributed by atoms with Gasteiger partial charge in [-0.25, -0.2) is 4.98 Å². The van der Waals surface area contributed by atoms with E-state index in [-0.39, 0.29) is 6.10 Å². The summed E-state index contributed by atoms with van der Waals surface area (Å²) >= 11 is 0. The number of ether oxygens (including phenoxy) is 1. The normalized spacial score (nSPS) is 22.9. The first-order valence-corrected chi connectivity index (χ1v) is 7.68. The van der Waals surface area contributed by atoms with E-state index in [1.165, 1.54) is 12.0 Å². The van der Waals surface area contributed by atoms with Crippen LogP contribution in [0.1, 0.15) is 25.3 Å². The number of pyridine rings is 1. The highest BCUT2D eigenvalue weighted by Crippen LogP contribution is 2.23. The summed E-state index contributed by atoms with van der Waals surface area (Å²) in [7, 11) is 0. The molecule has 0 saturated carbocycles. The van der Waals surface area contributed by atoms with Crippen molar-refractivity contribution in [2.75, 3.05) is 6.54 Å². The van der Waals surface area contributed by atoms with Crippen molar-refractivity contribution >= 4 is 0 Å². The molecule has 0 aliphatic carbocycles. The quantitative estimate of drug-likeness (QED) is 0.858. The molecule has 2 heterocycles. The molecule has 1 aliphatic rings. The smallest absolute Gasteiger partial charge is 0.213 e. The number of benzene rings is 1. The van der Waals surface area contributed by atoms with Crippen LogP contribution in [0.15, 0.2) is 54.7 Å². The molecule has 110 valence electrons. The van der Waals surface area contributed by atoms with Gasteiger partial charge in [0.05, 0.1) is 0 Å². The van der Waals surface area contributed by atoms with Gasteiger partial charge in [-0.1, -0.05) is 36.4 Å². The molecule has 0 bridgehead atoms. The molecule has 0 N–H and O–H groups in total. The number of hydrogen-bond acceptors (Lipinski definition) is 3. The van der Waals surface area contributed by atoms with Crippen molar-refractivity contribution in [3.63, 3.8) is 0 Å². The standard InChI is InChI=1S/C18H22N2O/c1-15-17(21-18-11-5-6-12-19-18)10-7-13-20(15)14-16-8-3-2-4-9-16/h2-6,8-9,11-12,15,17H,7,10,13-14H2,1H3. The maximum Gasteiger partial charge on any atom is 0.213 e. The Bertz CT molecular complexity index is 494. The van der Waals surface area contributed by atoms with Gasteiger partial charge in [0.25, 0.3) is 0 Å². The highest BCUT2D eigenvalue weighted by Gasteiger charge is 2.29. The molecule has 2 atom stereocenters. The number of rotatable bonds is 4. The number of piperidine rings is 1. The zero-order valence-corrected chi connectivity index (χ0v) is 12.5. The molecule has 0 amide bonds. The Morgan fingerprint density at radius 1 is 1.14 bits per heavy atom. The van der Waals surface area contributed by atoms with E-state index in [4.69, 9.17) is 4.74 Å². The predicted octanol–water partition coefficient (Wildman–Crippen LogP) is 3.51. The van der Waals surface area contributed by atoms with E-state index in [1.807, 2.05) is 18.2 Å². The van der Waals surface area contributed by atoms with Gasteiger partial charge in [-0.15, -0.1) is 0 Å². The Morgan fingerprint density at radius 2 is 1.95 bits per heavy atom. The van der Waals surface area contributed by atoms with Gasteiger partial charge in [0.1, 0.15) is 6.10 Å². The monoisotopic (exact) mass is 282 g/mol. The van der Waals surface area contributed by atoms with Crippen molar-refractivity contribution in [2.24, 2.45) is 0 Å². The van der Waals surface area contributed by atoms with Crippen LogP contribution in [0, 0.1) is 0 Å². The molecular formula is C18H22N2O. The minimum absolute atomic E-state index is 0.220. The van der Waals surface area contributed by atoms with E-state index in [9.17, 15) is 0 Å². The lowest BCUT2D eigenvalue weighted by atomic mass is 9.99. The third kappa shape index (κ3) is 3.61. The first-order valence-electron chi connectivity index (χ1n) is 7.68. The number of hydrogen-bond donors (Lipinski definition) is 0. The molecule has 3 heteroatoms. The second-order valence-corrected chi connectivity index (χ2v) is 5.66. The van der Waals surface area contributed by atoms with Crippen molar-refractivity contribution in [3.05, 3.63) is 60.3 Å². The highest BCUT2D eigenvalue weighted by atomic mass is 16.5. The van der Waals surface area contributed by atoms with E-state index in [2.05, 4.69) is 47.1 Å². The van der Waals surface area contributed by atoms with Crippen molar-refractivity contribution < 1.29 is 4.74 Å². The Morgan fingerprint density at radius 3 is 2.71 bits per heavy atom. The number of likely N-dealkylation sites (tertiary alicyclic amines) is 1. The molecule has 3 rings (SSSR count). The Labute approximate surface area is 126 Å². The second-order valence-electron chi connectivity index (χ2n) is 5.66. The highest BCUT2D eigenvalue weighted by molar-refractivity contribution is 5.15. The predicted molar refractivity (Wildman–Crippen MR) is 84.2 cm³/mol. The Kier molecular flexibility index (Phi) is 4.51. The summed E-state index contributed by atoms with van der Waals surface area (Å²) < 4.78 is 6.08. The lowest BCUT2D eigenvalue weighted by Crippen LogP contribution is -2.48. The van der Waals surface area contributed by atoms with E-state index in [0.717, 1.165) is 25.4 Å². The number of aromatic nitrogens is 1. The van der Waals surface area contributed by atoms with Gasteiger partial charge in [-0.2, -0.15) is 0 Å². The molecule has 0 radical (unpaired) electrons. The Balaban J connectivity index is 1.64. The zero-order valence-electron chi connectivity index (χ0n) is 12.5. The molecular weight excluding hydrogens is 260 g/mol. The van der Waals surface area contributed by atoms with Gasteiger partial charge < -0.3 is 4.74 Å². The van der Waals surface area contributed by atoms with Crippen LogP contribution in [0.4, 0.5) is 0 Å². The largest absolute Gasteiger partial charge is 0.473 e. The fourth-order valence-electron chi connectivity index (χ4n) is 2.95. The van der Waals surface area contributed by atoms with Crippen LogP contribution in [-0.2, 0) is 6.54 Å². The Hall–Kier alpha value is -1.87. The summed E-state index contributed by atoms with van der Waals surface area (Å²) in [5.41, 5.74) is 1.36. The van der Waals surface area contributed by atoms with Gasteiger partial charge in [-0.3, -0.25) is 4.90 Å². The molecule has 1 aromatic heterocycles. The van der Waals surface area contributed by atoms with Gasteiger partial charge in [0.15, 0.2) is 0 Å². The fraction of sp³-hybridized carbons (Fsp3) is 0.389. The molecule has 21 heavy (non-hydrogen) atoms. The first kappa shape index (κ1) is 14.1. The molecule has 1 fully saturated rings. The van der Waals surface area contributed by atoms with E-state index < -0.39 is 0 Å². The van der Waals surface area contributed by atoms with Crippen LogP contribution in [0.2, 0.25) is 0 Å². The van der Waals surface area contributed by atoms with Crippen LogP contribution < -0.4 is 4.74 Å². The molecule has 3 nitrogen and oxygen atoms in total. The van der Waals surface area contributed by atoms with E-state index in [0.29, 0.717) is 6.04 Å². The average Bonchev–Trinajstić information content (AvgIpc) is 2.53. The van der Waals surface area contributed by atoms with Crippen molar-refractivity contribution in [1.29, 1.82) is 0 Å². The topological polar surface area (TPSA) is 25.4 Å². The van der Waals surface area contributed by atoms with Crippen LogP contribution >= 0.6 is 0 Å². The maximum absolute atomic E-state index is 6.08. The molecule has 2 unspecified atom stereocenters. The fourth-order valence-corrected chi connectivity index (χ4v) is 2.95. The summed E-state index contributed by atoms with van der Waals surface area (Å²) in [6, 6.07) is 16.9. The van der Waals surface area contributed by atoms with Crippen molar-refractivity contribution in [3.8, 4) is 5.88 Å².